The van der Waals surface area contributed by atoms with Crippen LogP contribution in [-0.4, -0.2) is 16.6 Å². The van der Waals surface area contributed by atoms with Crippen molar-refractivity contribution >= 4 is 0 Å². The van der Waals surface area contributed by atoms with Gasteiger partial charge in [-0.25, -0.2) is 4.98 Å². The van der Waals surface area contributed by atoms with Crippen molar-refractivity contribution in [3.8, 4) is 0 Å². The van der Waals surface area contributed by atoms with Crippen molar-refractivity contribution in [2.24, 2.45) is 5.92 Å². The number of aryl methyl sites for hydroxylation is 1. The zero-order valence-corrected chi connectivity index (χ0v) is 10.2. The van der Waals surface area contributed by atoms with Crippen molar-refractivity contribution in [3.63, 3.8) is 0 Å². The molecule has 0 aromatic carbocycles. The third-order valence-electron chi connectivity index (χ3n) is 2.59. The first-order chi connectivity index (χ1) is 7.24. The van der Waals surface area contributed by atoms with Gasteiger partial charge in [0.15, 0.2) is 0 Å². The van der Waals surface area contributed by atoms with E-state index in [-0.39, 0.29) is 0 Å². The number of hydrogen-bond acceptors (Lipinski definition) is 2. The average Bonchev–Trinajstić information content (AvgIpc) is 2.61. The van der Waals surface area contributed by atoms with E-state index in [4.69, 9.17) is 0 Å². The Bertz CT molecular complexity index is 266. The fourth-order valence-corrected chi connectivity index (χ4v) is 1.71. The van der Waals surface area contributed by atoms with E-state index >= 15 is 0 Å². The summed E-state index contributed by atoms with van der Waals surface area (Å²) in [6, 6.07) is 0. The molecule has 1 N–H and O–H groups in total. The monoisotopic (exact) mass is 209 g/mol. The quantitative estimate of drug-likeness (QED) is 0.699. The molecule has 86 valence electrons. The van der Waals surface area contributed by atoms with Crippen molar-refractivity contribution in [2.75, 3.05) is 7.05 Å². The first-order valence-corrected chi connectivity index (χ1v) is 5.87. The zero-order chi connectivity index (χ0) is 11.1. The molecule has 1 heterocycles. The molecule has 0 aliphatic carbocycles. The van der Waals surface area contributed by atoms with Crippen LogP contribution in [0.5, 0.6) is 0 Å². The number of nitrogens with zero attached hydrogens (tertiary/aromatic N) is 2. The van der Waals surface area contributed by atoms with Crippen LogP contribution in [0.4, 0.5) is 0 Å². The Morgan fingerprint density at radius 2 is 2.20 bits per heavy atom. The van der Waals surface area contributed by atoms with E-state index in [9.17, 15) is 0 Å². The van der Waals surface area contributed by atoms with Gasteiger partial charge in [0.25, 0.3) is 0 Å². The molecular formula is C12H23N3. The Balaban J connectivity index is 2.27. The Hall–Kier alpha value is -0.830. The second-order valence-electron chi connectivity index (χ2n) is 4.50. The van der Waals surface area contributed by atoms with Crippen LogP contribution in [0.1, 0.15) is 38.8 Å². The second kappa shape index (κ2) is 6.62. The number of nitrogens with one attached hydrogen (secondary N) is 1. The Morgan fingerprint density at radius 3 is 2.87 bits per heavy atom. The molecule has 0 saturated carbocycles. The molecule has 0 aliphatic heterocycles. The Morgan fingerprint density at radius 1 is 1.40 bits per heavy atom. The lowest BCUT2D eigenvalue weighted by Gasteiger charge is -2.08. The molecule has 0 saturated heterocycles. The highest BCUT2D eigenvalue weighted by Gasteiger charge is 2.00. The summed E-state index contributed by atoms with van der Waals surface area (Å²) in [5, 5.41) is 3.16. The van der Waals surface area contributed by atoms with Crippen LogP contribution in [0.15, 0.2) is 12.5 Å². The molecule has 0 spiro atoms. The smallest absolute Gasteiger partial charge is 0.0948 e. The topological polar surface area (TPSA) is 29.9 Å². The predicted molar refractivity (Wildman–Crippen MR) is 63.7 cm³/mol. The van der Waals surface area contributed by atoms with Crippen LogP contribution < -0.4 is 5.32 Å². The van der Waals surface area contributed by atoms with Crippen LogP contribution in [0.25, 0.3) is 0 Å². The molecule has 0 aliphatic rings. The van der Waals surface area contributed by atoms with Crippen LogP contribution in [-0.2, 0) is 13.1 Å². The summed E-state index contributed by atoms with van der Waals surface area (Å²) in [5.41, 5.74) is 1.28. The number of imidazole rings is 1. The molecule has 0 fully saturated rings. The van der Waals surface area contributed by atoms with E-state index in [2.05, 4.69) is 28.7 Å². The minimum absolute atomic E-state index is 0.824. The van der Waals surface area contributed by atoms with Crippen molar-refractivity contribution in [3.05, 3.63) is 18.2 Å². The minimum atomic E-state index is 0.824. The molecule has 0 amide bonds. The zero-order valence-electron chi connectivity index (χ0n) is 10.2. The third kappa shape index (κ3) is 4.47. The Kier molecular flexibility index (Phi) is 5.40. The van der Waals surface area contributed by atoms with Crippen molar-refractivity contribution in [1.29, 1.82) is 0 Å². The molecular weight excluding hydrogens is 186 g/mol. The average molecular weight is 209 g/mol. The third-order valence-corrected chi connectivity index (χ3v) is 2.59. The Labute approximate surface area is 92.9 Å². The van der Waals surface area contributed by atoms with E-state index in [1.165, 1.54) is 25.0 Å². The van der Waals surface area contributed by atoms with Gasteiger partial charge in [0.2, 0.25) is 0 Å². The summed E-state index contributed by atoms with van der Waals surface area (Å²) in [4.78, 5) is 4.18. The first kappa shape index (κ1) is 12.2. The summed E-state index contributed by atoms with van der Waals surface area (Å²) in [7, 11) is 1.97. The molecule has 1 aromatic rings. The number of rotatable bonds is 7. The molecule has 0 radical (unpaired) electrons. The van der Waals surface area contributed by atoms with Gasteiger partial charge in [0, 0.05) is 19.3 Å². The van der Waals surface area contributed by atoms with Gasteiger partial charge in [-0.15, -0.1) is 0 Å². The van der Waals surface area contributed by atoms with Gasteiger partial charge >= 0.3 is 0 Å². The lowest BCUT2D eigenvalue weighted by Crippen LogP contribution is -2.11. The summed E-state index contributed by atoms with van der Waals surface area (Å²) < 4.78 is 2.25. The van der Waals surface area contributed by atoms with Crippen LogP contribution in [0, 0.1) is 5.92 Å². The van der Waals surface area contributed by atoms with Gasteiger partial charge in [0.05, 0.1) is 12.0 Å². The molecule has 1 rings (SSSR count). The number of hydrogen-bond donors (Lipinski definition) is 1. The van der Waals surface area contributed by atoms with Crippen LogP contribution in [0.3, 0.4) is 0 Å². The number of aromatic nitrogens is 2. The van der Waals surface area contributed by atoms with Crippen molar-refractivity contribution in [2.45, 2.75) is 46.2 Å². The SMILES string of the molecule is CNCc1cncn1CCCCC(C)C. The normalized spacial score (nSPS) is 11.2. The second-order valence-corrected chi connectivity index (χ2v) is 4.50. The van der Waals surface area contributed by atoms with E-state index in [0.29, 0.717) is 0 Å². The largest absolute Gasteiger partial charge is 0.333 e. The van der Waals surface area contributed by atoms with Gasteiger partial charge in [-0.3, -0.25) is 0 Å². The standard InChI is InChI=1S/C12H23N3/c1-11(2)6-4-5-7-15-10-14-9-12(15)8-13-3/h9-11,13H,4-8H2,1-3H3. The van der Waals surface area contributed by atoms with E-state index < -0.39 is 0 Å². The summed E-state index contributed by atoms with van der Waals surface area (Å²) in [6.45, 7) is 6.57. The maximum Gasteiger partial charge on any atom is 0.0948 e. The maximum absolute atomic E-state index is 4.18. The van der Waals surface area contributed by atoms with Gasteiger partial charge in [-0.05, 0) is 19.4 Å². The summed E-state index contributed by atoms with van der Waals surface area (Å²) >= 11 is 0. The maximum atomic E-state index is 4.18. The molecule has 0 unspecified atom stereocenters. The molecule has 3 nitrogen and oxygen atoms in total. The molecule has 1 aromatic heterocycles. The highest BCUT2D eigenvalue weighted by atomic mass is 15.1. The van der Waals surface area contributed by atoms with E-state index in [1.54, 1.807) is 0 Å². The van der Waals surface area contributed by atoms with Crippen LogP contribution >= 0.6 is 0 Å². The molecule has 0 bridgehead atoms. The fraction of sp³-hybridized carbons (Fsp3) is 0.750. The van der Waals surface area contributed by atoms with E-state index in [1.807, 2.05) is 19.6 Å². The number of unbranched alkanes of at least 4 members (excludes halogenated alkanes) is 1. The molecule has 0 atom stereocenters. The molecule has 15 heavy (non-hydrogen) atoms. The first-order valence-electron chi connectivity index (χ1n) is 5.87. The predicted octanol–water partition coefficient (Wildman–Crippen LogP) is 2.43. The van der Waals surface area contributed by atoms with Crippen molar-refractivity contribution < 1.29 is 0 Å². The van der Waals surface area contributed by atoms with Gasteiger partial charge in [-0.2, -0.15) is 0 Å². The fourth-order valence-electron chi connectivity index (χ4n) is 1.71. The van der Waals surface area contributed by atoms with Gasteiger partial charge in [-0.1, -0.05) is 26.7 Å². The highest BCUT2D eigenvalue weighted by molar-refractivity contribution is 4.97. The lowest BCUT2D eigenvalue weighted by atomic mass is 10.1. The summed E-state index contributed by atoms with van der Waals surface area (Å²) in [5.74, 6) is 0.824. The van der Waals surface area contributed by atoms with Gasteiger partial charge < -0.3 is 9.88 Å². The minimum Gasteiger partial charge on any atom is -0.333 e. The highest BCUT2D eigenvalue weighted by Crippen LogP contribution is 2.08. The van der Waals surface area contributed by atoms with Crippen molar-refractivity contribution in [1.82, 2.24) is 14.9 Å². The van der Waals surface area contributed by atoms with Crippen LogP contribution in [0.2, 0.25) is 0 Å². The molecule has 3 heteroatoms. The lowest BCUT2D eigenvalue weighted by molar-refractivity contribution is 0.502. The summed E-state index contributed by atoms with van der Waals surface area (Å²) in [6.07, 6.45) is 7.77. The van der Waals surface area contributed by atoms with E-state index in [0.717, 1.165) is 19.0 Å². The van der Waals surface area contributed by atoms with Gasteiger partial charge in [0.1, 0.15) is 0 Å².